The van der Waals surface area contributed by atoms with Gasteiger partial charge in [-0.25, -0.2) is 0 Å². The summed E-state index contributed by atoms with van der Waals surface area (Å²) in [6, 6.07) is 3.67. The normalized spacial score (nSPS) is 9.67. The second-order valence-electron chi connectivity index (χ2n) is 3.63. The number of amides is 1. The molecule has 0 radical (unpaired) electrons. The van der Waals surface area contributed by atoms with Crippen molar-refractivity contribution in [1.29, 1.82) is 0 Å². The molecule has 0 atom stereocenters. The molecule has 0 saturated carbocycles. The Morgan fingerprint density at radius 3 is 3.06 bits per heavy atom. The molecule has 0 unspecified atom stereocenters. The molecular weight excluding hydrogens is 264 g/mol. The van der Waals surface area contributed by atoms with Gasteiger partial charge >= 0.3 is 0 Å². The maximum Gasteiger partial charge on any atom is 0.261 e. The topological polar surface area (TPSA) is 55.1 Å². The van der Waals surface area contributed by atoms with Crippen molar-refractivity contribution in [3.8, 4) is 11.8 Å². The molecular formula is C13H18N2OS2. The van der Waals surface area contributed by atoms with Crippen molar-refractivity contribution < 1.29 is 4.79 Å². The minimum absolute atomic E-state index is 0.00931. The van der Waals surface area contributed by atoms with Crippen LogP contribution >= 0.6 is 23.1 Å². The van der Waals surface area contributed by atoms with Gasteiger partial charge in [-0.3, -0.25) is 4.79 Å². The number of thiophene rings is 1. The molecule has 1 heterocycles. The highest BCUT2D eigenvalue weighted by atomic mass is 32.2. The summed E-state index contributed by atoms with van der Waals surface area (Å²) in [4.78, 5) is 13.4. The number of nitrogens with one attached hydrogen (secondary N) is 1. The van der Waals surface area contributed by atoms with Crippen LogP contribution < -0.4 is 11.1 Å². The third kappa shape index (κ3) is 5.58. The van der Waals surface area contributed by atoms with Crippen LogP contribution in [0.1, 0.15) is 27.4 Å². The Balaban J connectivity index is 2.35. The summed E-state index contributed by atoms with van der Waals surface area (Å²) in [6.07, 6.45) is 4.26. The van der Waals surface area contributed by atoms with E-state index in [-0.39, 0.29) is 5.91 Å². The first-order valence-electron chi connectivity index (χ1n) is 5.84. The van der Waals surface area contributed by atoms with Gasteiger partial charge in [-0.1, -0.05) is 11.8 Å². The Morgan fingerprint density at radius 2 is 2.33 bits per heavy atom. The smallest absolute Gasteiger partial charge is 0.261 e. The van der Waals surface area contributed by atoms with Crippen LogP contribution in [0.25, 0.3) is 0 Å². The first-order valence-corrected chi connectivity index (χ1v) is 8.05. The van der Waals surface area contributed by atoms with E-state index in [4.69, 9.17) is 5.73 Å². The molecule has 0 aliphatic heterocycles. The van der Waals surface area contributed by atoms with Crippen molar-refractivity contribution in [2.45, 2.75) is 12.8 Å². The molecule has 1 aromatic heterocycles. The molecule has 1 rings (SSSR count). The molecule has 0 aromatic carbocycles. The Kier molecular flexibility index (Phi) is 7.58. The molecule has 5 heteroatoms. The van der Waals surface area contributed by atoms with Gasteiger partial charge < -0.3 is 11.1 Å². The number of nitrogens with two attached hydrogens (primary N) is 1. The summed E-state index contributed by atoms with van der Waals surface area (Å²) in [7, 11) is 0. The van der Waals surface area contributed by atoms with Crippen molar-refractivity contribution in [2.75, 3.05) is 25.1 Å². The Labute approximate surface area is 117 Å². The fourth-order valence-corrected chi connectivity index (χ4v) is 2.62. The first-order chi connectivity index (χ1) is 8.77. The molecule has 0 aliphatic carbocycles. The Bertz CT molecular complexity index is 432. The van der Waals surface area contributed by atoms with E-state index >= 15 is 0 Å². The number of hydrogen-bond acceptors (Lipinski definition) is 4. The van der Waals surface area contributed by atoms with Crippen LogP contribution in [0.2, 0.25) is 0 Å². The predicted molar refractivity (Wildman–Crippen MR) is 80.2 cm³/mol. The SMILES string of the molecule is CSCCCCNC(=O)c1ccc(C#CCN)s1. The van der Waals surface area contributed by atoms with Crippen molar-refractivity contribution >= 4 is 29.0 Å². The third-order valence-corrected chi connectivity index (χ3v) is 3.90. The van der Waals surface area contributed by atoms with Crippen LogP contribution in [0.15, 0.2) is 12.1 Å². The van der Waals surface area contributed by atoms with E-state index in [1.165, 1.54) is 11.3 Å². The summed E-state index contributed by atoms with van der Waals surface area (Å²) in [5.41, 5.74) is 5.30. The average molecular weight is 282 g/mol. The van der Waals surface area contributed by atoms with Gasteiger partial charge in [-0.05, 0) is 37.0 Å². The molecule has 0 bridgehead atoms. The molecule has 1 aromatic rings. The summed E-state index contributed by atoms with van der Waals surface area (Å²) >= 11 is 3.24. The van der Waals surface area contributed by atoms with Gasteiger partial charge in [0.05, 0.1) is 16.3 Å². The largest absolute Gasteiger partial charge is 0.351 e. The highest BCUT2D eigenvalue weighted by Gasteiger charge is 2.07. The van der Waals surface area contributed by atoms with E-state index < -0.39 is 0 Å². The summed E-state index contributed by atoms with van der Waals surface area (Å²) < 4.78 is 0. The number of rotatable bonds is 6. The monoisotopic (exact) mass is 282 g/mol. The fraction of sp³-hybridized carbons (Fsp3) is 0.462. The molecule has 3 nitrogen and oxygen atoms in total. The van der Waals surface area contributed by atoms with Gasteiger partial charge in [0, 0.05) is 6.54 Å². The standard InChI is InChI=1S/C13H18N2OS2/c1-17-10-3-2-9-15-13(16)12-7-6-11(18-12)5-4-8-14/h6-7H,2-3,8-10,14H2,1H3,(H,15,16). The lowest BCUT2D eigenvalue weighted by Crippen LogP contribution is -2.23. The quantitative estimate of drug-likeness (QED) is 0.619. The fourth-order valence-electron chi connectivity index (χ4n) is 1.33. The summed E-state index contributed by atoms with van der Waals surface area (Å²) in [5.74, 6) is 6.84. The van der Waals surface area contributed by atoms with Crippen molar-refractivity contribution in [3.05, 3.63) is 21.9 Å². The lowest BCUT2D eigenvalue weighted by Gasteiger charge is -2.02. The minimum atomic E-state index is -0.00931. The van der Waals surface area contributed by atoms with Gasteiger partial charge in [-0.15, -0.1) is 11.3 Å². The molecule has 0 aliphatic rings. The van der Waals surface area contributed by atoms with E-state index in [1.54, 1.807) is 0 Å². The Morgan fingerprint density at radius 1 is 1.50 bits per heavy atom. The lowest BCUT2D eigenvalue weighted by molar-refractivity contribution is 0.0957. The van der Waals surface area contributed by atoms with Crippen LogP contribution in [0.3, 0.4) is 0 Å². The van der Waals surface area contributed by atoms with Gasteiger partial charge in [0.2, 0.25) is 0 Å². The number of unbranched alkanes of at least 4 members (excludes halogenated alkanes) is 1. The van der Waals surface area contributed by atoms with E-state index in [2.05, 4.69) is 23.4 Å². The number of thioether (sulfide) groups is 1. The van der Waals surface area contributed by atoms with Crippen LogP contribution in [0.4, 0.5) is 0 Å². The molecule has 18 heavy (non-hydrogen) atoms. The van der Waals surface area contributed by atoms with Gasteiger partial charge in [0.1, 0.15) is 0 Å². The van der Waals surface area contributed by atoms with E-state index in [1.807, 2.05) is 23.9 Å². The third-order valence-electron chi connectivity index (χ3n) is 2.20. The van der Waals surface area contributed by atoms with Crippen molar-refractivity contribution in [2.24, 2.45) is 5.73 Å². The van der Waals surface area contributed by atoms with E-state index in [0.29, 0.717) is 11.4 Å². The molecule has 98 valence electrons. The second kappa shape index (κ2) is 9.03. The zero-order valence-electron chi connectivity index (χ0n) is 10.5. The van der Waals surface area contributed by atoms with Crippen LogP contribution in [0.5, 0.6) is 0 Å². The zero-order chi connectivity index (χ0) is 13.2. The van der Waals surface area contributed by atoms with Crippen LogP contribution in [0, 0.1) is 11.8 Å². The van der Waals surface area contributed by atoms with E-state index in [9.17, 15) is 4.79 Å². The second-order valence-corrected chi connectivity index (χ2v) is 5.69. The highest BCUT2D eigenvalue weighted by Crippen LogP contribution is 2.15. The molecule has 0 saturated heterocycles. The number of carbonyl (C=O) groups is 1. The predicted octanol–water partition coefficient (Wildman–Crippen LogP) is 1.93. The summed E-state index contributed by atoms with van der Waals surface area (Å²) in [5, 5.41) is 2.92. The molecule has 1 amide bonds. The van der Waals surface area contributed by atoms with Crippen LogP contribution in [-0.4, -0.2) is 31.0 Å². The van der Waals surface area contributed by atoms with Crippen molar-refractivity contribution in [1.82, 2.24) is 5.32 Å². The minimum Gasteiger partial charge on any atom is -0.351 e. The van der Waals surface area contributed by atoms with Crippen molar-refractivity contribution in [3.63, 3.8) is 0 Å². The number of hydrogen-bond donors (Lipinski definition) is 2. The highest BCUT2D eigenvalue weighted by molar-refractivity contribution is 7.98. The molecule has 3 N–H and O–H groups in total. The van der Waals surface area contributed by atoms with Gasteiger partial charge in [0.15, 0.2) is 0 Å². The Hall–Kier alpha value is -0.960. The number of carbonyl (C=O) groups excluding carboxylic acids is 1. The zero-order valence-corrected chi connectivity index (χ0v) is 12.1. The first kappa shape index (κ1) is 15.1. The van der Waals surface area contributed by atoms with E-state index in [0.717, 1.165) is 30.0 Å². The maximum absolute atomic E-state index is 11.8. The molecule has 0 fully saturated rings. The average Bonchev–Trinajstić information content (AvgIpc) is 2.84. The molecule has 0 spiro atoms. The van der Waals surface area contributed by atoms with Gasteiger partial charge in [-0.2, -0.15) is 11.8 Å². The maximum atomic E-state index is 11.8. The van der Waals surface area contributed by atoms with Gasteiger partial charge in [0.25, 0.3) is 5.91 Å². The van der Waals surface area contributed by atoms with Crippen LogP contribution in [-0.2, 0) is 0 Å². The lowest BCUT2D eigenvalue weighted by atomic mass is 10.3. The summed E-state index contributed by atoms with van der Waals surface area (Å²) in [6.45, 7) is 1.08.